The van der Waals surface area contributed by atoms with Crippen LogP contribution in [0, 0.1) is 0 Å². The van der Waals surface area contributed by atoms with Crippen LogP contribution in [0.15, 0.2) is 35.4 Å². The summed E-state index contributed by atoms with van der Waals surface area (Å²) in [6.07, 6.45) is 5.76. The molecule has 0 aliphatic carbocycles. The molecule has 0 radical (unpaired) electrons. The van der Waals surface area contributed by atoms with Gasteiger partial charge in [0.2, 0.25) is 5.89 Å². The minimum absolute atomic E-state index is 0.297. The van der Waals surface area contributed by atoms with Gasteiger partial charge in [-0.05, 0) is 24.6 Å². The molecule has 0 saturated heterocycles. The van der Waals surface area contributed by atoms with Gasteiger partial charge in [0, 0.05) is 31.4 Å². The number of pyridine rings is 1. The molecule has 2 heterocycles. The van der Waals surface area contributed by atoms with Crippen molar-refractivity contribution < 1.29 is 4.52 Å². The lowest BCUT2D eigenvalue weighted by molar-refractivity contribution is 0.372. The van der Waals surface area contributed by atoms with Crippen LogP contribution in [-0.4, -0.2) is 21.7 Å². The zero-order valence-corrected chi connectivity index (χ0v) is 9.13. The monoisotopic (exact) mass is 218 g/mol. The molecular weight excluding hydrogens is 204 g/mol. The lowest BCUT2D eigenvalue weighted by Gasteiger charge is -2.12. The molecule has 0 aromatic carbocycles. The Morgan fingerprint density at radius 3 is 2.88 bits per heavy atom. The molecule has 84 valence electrons. The third-order valence-corrected chi connectivity index (χ3v) is 2.40. The van der Waals surface area contributed by atoms with Crippen LogP contribution in [0.5, 0.6) is 0 Å². The highest BCUT2D eigenvalue weighted by molar-refractivity contribution is 5.13. The zero-order valence-electron chi connectivity index (χ0n) is 9.13. The molecule has 2 aromatic heterocycles. The lowest BCUT2D eigenvalue weighted by Crippen LogP contribution is -2.21. The second kappa shape index (κ2) is 5.37. The highest BCUT2D eigenvalue weighted by Gasteiger charge is 2.04. The molecule has 16 heavy (non-hydrogen) atoms. The van der Waals surface area contributed by atoms with E-state index in [0.717, 1.165) is 13.0 Å². The van der Waals surface area contributed by atoms with Gasteiger partial charge < -0.3 is 9.84 Å². The van der Waals surface area contributed by atoms with Crippen LogP contribution in [0.3, 0.4) is 0 Å². The fourth-order valence-corrected chi connectivity index (χ4v) is 1.47. The molecule has 0 spiro atoms. The second-order valence-electron chi connectivity index (χ2n) is 3.54. The Hall–Kier alpha value is -1.75. The summed E-state index contributed by atoms with van der Waals surface area (Å²) in [5.41, 5.74) is 1.22. The summed E-state index contributed by atoms with van der Waals surface area (Å²) in [4.78, 5) is 7.95. The Kier molecular flexibility index (Phi) is 3.61. The van der Waals surface area contributed by atoms with Crippen molar-refractivity contribution in [3.8, 4) is 0 Å². The predicted molar refractivity (Wildman–Crippen MR) is 58.7 cm³/mol. The number of rotatable bonds is 5. The third-order valence-electron chi connectivity index (χ3n) is 2.40. The van der Waals surface area contributed by atoms with E-state index in [4.69, 9.17) is 4.52 Å². The van der Waals surface area contributed by atoms with Gasteiger partial charge in [-0.1, -0.05) is 5.16 Å². The second-order valence-corrected chi connectivity index (χ2v) is 3.54. The maximum absolute atomic E-state index is 4.91. The van der Waals surface area contributed by atoms with Gasteiger partial charge in [-0.3, -0.25) is 4.98 Å². The number of nitrogens with zero attached hydrogens (tertiary/aromatic N) is 3. The standard InChI is InChI=1S/C11H14N4O/c1-9(10-2-5-12-6-3-10)13-7-4-11-14-8-15-16-11/h2-3,5-6,8-9,13H,4,7H2,1H3. The first-order chi connectivity index (χ1) is 7.86. The van der Waals surface area contributed by atoms with Crippen molar-refractivity contribution in [3.63, 3.8) is 0 Å². The van der Waals surface area contributed by atoms with E-state index in [1.807, 2.05) is 12.1 Å². The van der Waals surface area contributed by atoms with Gasteiger partial charge in [0.25, 0.3) is 0 Å². The molecule has 1 N–H and O–H groups in total. The maximum Gasteiger partial charge on any atom is 0.227 e. The molecular formula is C11H14N4O. The summed E-state index contributed by atoms with van der Waals surface area (Å²) < 4.78 is 4.91. The van der Waals surface area contributed by atoms with Crippen molar-refractivity contribution in [2.24, 2.45) is 0 Å². The molecule has 0 aliphatic rings. The zero-order chi connectivity index (χ0) is 11.2. The van der Waals surface area contributed by atoms with E-state index < -0.39 is 0 Å². The molecule has 1 unspecified atom stereocenters. The summed E-state index contributed by atoms with van der Waals surface area (Å²) >= 11 is 0. The van der Waals surface area contributed by atoms with Gasteiger partial charge in [-0.15, -0.1) is 0 Å². The molecule has 5 heteroatoms. The average Bonchev–Trinajstić information content (AvgIpc) is 2.83. The van der Waals surface area contributed by atoms with Gasteiger partial charge in [-0.25, -0.2) is 0 Å². The Morgan fingerprint density at radius 1 is 1.38 bits per heavy atom. The van der Waals surface area contributed by atoms with Gasteiger partial charge in [0.15, 0.2) is 6.33 Å². The summed E-state index contributed by atoms with van der Waals surface area (Å²) in [5.74, 6) is 0.662. The van der Waals surface area contributed by atoms with Gasteiger partial charge in [-0.2, -0.15) is 4.98 Å². The molecule has 0 fully saturated rings. The van der Waals surface area contributed by atoms with Crippen LogP contribution >= 0.6 is 0 Å². The summed E-state index contributed by atoms with van der Waals surface area (Å²) in [7, 11) is 0. The van der Waals surface area contributed by atoms with Crippen molar-refractivity contribution in [3.05, 3.63) is 42.3 Å². The lowest BCUT2D eigenvalue weighted by atomic mass is 10.1. The first-order valence-corrected chi connectivity index (χ1v) is 5.25. The highest BCUT2D eigenvalue weighted by Crippen LogP contribution is 2.09. The fraction of sp³-hybridized carbons (Fsp3) is 0.364. The van der Waals surface area contributed by atoms with Crippen molar-refractivity contribution in [1.82, 2.24) is 20.4 Å². The van der Waals surface area contributed by atoms with E-state index >= 15 is 0 Å². The molecule has 1 atom stereocenters. The van der Waals surface area contributed by atoms with Crippen LogP contribution in [0.1, 0.15) is 24.4 Å². The first-order valence-electron chi connectivity index (χ1n) is 5.25. The van der Waals surface area contributed by atoms with Crippen LogP contribution in [-0.2, 0) is 6.42 Å². The largest absolute Gasteiger partial charge is 0.340 e. The molecule has 5 nitrogen and oxygen atoms in total. The predicted octanol–water partition coefficient (Wildman–Crippen LogP) is 1.36. The third kappa shape index (κ3) is 2.87. The van der Waals surface area contributed by atoms with Gasteiger partial charge in [0.1, 0.15) is 0 Å². The fourth-order valence-electron chi connectivity index (χ4n) is 1.47. The molecule has 0 bridgehead atoms. The van der Waals surface area contributed by atoms with Crippen molar-refractivity contribution in [2.45, 2.75) is 19.4 Å². The van der Waals surface area contributed by atoms with Crippen molar-refractivity contribution in [1.29, 1.82) is 0 Å². The van der Waals surface area contributed by atoms with Crippen molar-refractivity contribution >= 4 is 0 Å². The van der Waals surface area contributed by atoms with E-state index in [0.29, 0.717) is 11.9 Å². The number of aromatic nitrogens is 3. The first kappa shape index (κ1) is 10.8. The van der Waals surface area contributed by atoms with E-state index in [9.17, 15) is 0 Å². The number of nitrogens with one attached hydrogen (secondary N) is 1. The quantitative estimate of drug-likeness (QED) is 0.820. The Balaban J connectivity index is 1.78. The Bertz CT molecular complexity index is 401. The van der Waals surface area contributed by atoms with Crippen LogP contribution in [0.4, 0.5) is 0 Å². The normalized spacial score (nSPS) is 12.6. The number of hydrogen-bond acceptors (Lipinski definition) is 5. The molecule has 0 saturated carbocycles. The summed E-state index contributed by atoms with van der Waals surface area (Å²) in [5, 5.41) is 6.94. The minimum Gasteiger partial charge on any atom is -0.340 e. The molecule has 0 amide bonds. The van der Waals surface area contributed by atoms with E-state index in [-0.39, 0.29) is 0 Å². The van der Waals surface area contributed by atoms with E-state index in [1.54, 1.807) is 12.4 Å². The van der Waals surface area contributed by atoms with Gasteiger partial charge >= 0.3 is 0 Å². The van der Waals surface area contributed by atoms with E-state index in [2.05, 4.69) is 27.4 Å². The minimum atomic E-state index is 0.297. The van der Waals surface area contributed by atoms with Crippen LogP contribution < -0.4 is 5.32 Å². The topological polar surface area (TPSA) is 63.8 Å². The summed E-state index contributed by atoms with van der Waals surface area (Å²) in [6, 6.07) is 4.31. The molecule has 2 aromatic rings. The van der Waals surface area contributed by atoms with Crippen LogP contribution in [0.2, 0.25) is 0 Å². The molecule has 2 rings (SSSR count). The highest BCUT2D eigenvalue weighted by atomic mass is 16.5. The number of hydrogen-bond donors (Lipinski definition) is 1. The van der Waals surface area contributed by atoms with E-state index in [1.165, 1.54) is 11.9 Å². The van der Waals surface area contributed by atoms with Gasteiger partial charge in [0.05, 0.1) is 0 Å². The molecule has 0 aliphatic heterocycles. The Morgan fingerprint density at radius 2 is 2.19 bits per heavy atom. The smallest absolute Gasteiger partial charge is 0.227 e. The Labute approximate surface area is 93.9 Å². The van der Waals surface area contributed by atoms with Crippen molar-refractivity contribution in [2.75, 3.05) is 6.54 Å². The maximum atomic E-state index is 4.91. The average molecular weight is 218 g/mol. The van der Waals surface area contributed by atoms with Crippen LogP contribution in [0.25, 0.3) is 0 Å². The summed E-state index contributed by atoms with van der Waals surface area (Å²) in [6.45, 7) is 2.93. The SMILES string of the molecule is CC(NCCc1ncno1)c1ccncc1.